The van der Waals surface area contributed by atoms with E-state index in [1.165, 1.54) is 5.56 Å². The van der Waals surface area contributed by atoms with E-state index in [1.807, 2.05) is 36.4 Å². The molecule has 0 aromatic heterocycles. The maximum Gasteiger partial charge on any atom is 0.335 e. The van der Waals surface area contributed by atoms with Gasteiger partial charge in [0, 0.05) is 12.2 Å². The van der Waals surface area contributed by atoms with Gasteiger partial charge in [-0.1, -0.05) is 24.3 Å². The number of anilines is 1. The standard InChI is InChI=1S/C17H17NO3/c19-17(20)14-7-6-13-8-9-18(16(13)12-14)10-11-21-15-4-2-1-3-5-15/h1-7,12H,8-11H2,(H,19,20). The molecule has 0 atom stereocenters. The minimum atomic E-state index is -0.884. The van der Waals surface area contributed by atoms with Crippen LogP contribution in [0.2, 0.25) is 0 Å². The van der Waals surface area contributed by atoms with Crippen molar-refractivity contribution in [3.63, 3.8) is 0 Å². The highest BCUT2D eigenvalue weighted by molar-refractivity contribution is 5.89. The van der Waals surface area contributed by atoms with Crippen LogP contribution in [0.25, 0.3) is 0 Å². The number of hydrogen-bond acceptors (Lipinski definition) is 3. The predicted molar refractivity (Wildman–Crippen MR) is 81.3 cm³/mol. The molecule has 3 rings (SSSR count). The Bertz CT molecular complexity index is 640. The zero-order chi connectivity index (χ0) is 14.7. The molecule has 2 aromatic rings. The summed E-state index contributed by atoms with van der Waals surface area (Å²) >= 11 is 0. The molecule has 0 spiro atoms. The van der Waals surface area contributed by atoms with Crippen molar-refractivity contribution in [3.05, 3.63) is 59.7 Å². The van der Waals surface area contributed by atoms with Gasteiger partial charge in [-0.05, 0) is 36.2 Å². The van der Waals surface area contributed by atoms with Crippen molar-refractivity contribution in [2.75, 3.05) is 24.6 Å². The van der Waals surface area contributed by atoms with Crippen molar-refractivity contribution in [1.29, 1.82) is 0 Å². The number of hydrogen-bond donors (Lipinski definition) is 1. The second-order valence-corrected chi connectivity index (χ2v) is 5.05. The summed E-state index contributed by atoms with van der Waals surface area (Å²) in [5.74, 6) is -0.0265. The Balaban J connectivity index is 1.64. The molecule has 1 aliphatic rings. The van der Waals surface area contributed by atoms with Gasteiger partial charge >= 0.3 is 5.97 Å². The number of benzene rings is 2. The van der Waals surface area contributed by atoms with Crippen LogP contribution in [0.3, 0.4) is 0 Å². The molecule has 2 aromatic carbocycles. The largest absolute Gasteiger partial charge is 0.492 e. The Hall–Kier alpha value is -2.49. The number of aromatic carboxylic acids is 1. The molecule has 0 amide bonds. The highest BCUT2D eigenvalue weighted by Gasteiger charge is 2.20. The first-order chi connectivity index (χ1) is 10.2. The van der Waals surface area contributed by atoms with Crippen LogP contribution in [0, 0.1) is 0 Å². The quantitative estimate of drug-likeness (QED) is 0.916. The summed E-state index contributed by atoms with van der Waals surface area (Å²) in [7, 11) is 0. The monoisotopic (exact) mass is 283 g/mol. The lowest BCUT2D eigenvalue weighted by Crippen LogP contribution is -2.26. The lowest BCUT2D eigenvalue weighted by atomic mass is 10.1. The van der Waals surface area contributed by atoms with Crippen LogP contribution in [0.4, 0.5) is 5.69 Å². The fourth-order valence-corrected chi connectivity index (χ4v) is 2.60. The zero-order valence-electron chi connectivity index (χ0n) is 11.7. The zero-order valence-corrected chi connectivity index (χ0v) is 11.7. The van der Waals surface area contributed by atoms with E-state index in [1.54, 1.807) is 12.1 Å². The van der Waals surface area contributed by atoms with Crippen LogP contribution in [0.1, 0.15) is 15.9 Å². The van der Waals surface area contributed by atoms with Gasteiger partial charge in [-0.15, -0.1) is 0 Å². The van der Waals surface area contributed by atoms with Crippen molar-refractivity contribution in [2.24, 2.45) is 0 Å². The van der Waals surface area contributed by atoms with E-state index >= 15 is 0 Å². The Morgan fingerprint density at radius 1 is 1.19 bits per heavy atom. The van der Waals surface area contributed by atoms with Gasteiger partial charge in [-0.25, -0.2) is 4.79 Å². The molecular formula is C17H17NO3. The Labute approximate surface area is 123 Å². The van der Waals surface area contributed by atoms with E-state index in [-0.39, 0.29) is 0 Å². The first-order valence-electron chi connectivity index (χ1n) is 7.03. The average Bonchev–Trinajstić information content (AvgIpc) is 2.91. The van der Waals surface area contributed by atoms with Crippen molar-refractivity contribution in [1.82, 2.24) is 0 Å². The molecule has 0 saturated carbocycles. The summed E-state index contributed by atoms with van der Waals surface area (Å²) in [5, 5.41) is 9.08. The van der Waals surface area contributed by atoms with Crippen LogP contribution in [0.5, 0.6) is 5.75 Å². The summed E-state index contributed by atoms with van der Waals surface area (Å²) in [6, 6.07) is 15.0. The summed E-state index contributed by atoms with van der Waals surface area (Å²) < 4.78 is 5.70. The van der Waals surface area contributed by atoms with E-state index in [9.17, 15) is 4.79 Å². The van der Waals surface area contributed by atoms with Crippen molar-refractivity contribution < 1.29 is 14.6 Å². The highest BCUT2D eigenvalue weighted by atomic mass is 16.5. The summed E-state index contributed by atoms with van der Waals surface area (Å²) in [6.07, 6.45) is 0.959. The van der Waals surface area contributed by atoms with Crippen LogP contribution >= 0.6 is 0 Å². The molecule has 1 aliphatic heterocycles. The number of carboxylic acids is 1. The first kappa shape index (κ1) is 13.5. The molecule has 108 valence electrons. The maximum atomic E-state index is 11.1. The van der Waals surface area contributed by atoms with Gasteiger partial charge in [-0.3, -0.25) is 0 Å². The van der Waals surface area contributed by atoms with Crippen molar-refractivity contribution in [2.45, 2.75) is 6.42 Å². The molecule has 1 N–H and O–H groups in total. The second-order valence-electron chi connectivity index (χ2n) is 5.05. The molecular weight excluding hydrogens is 266 g/mol. The maximum absolute atomic E-state index is 11.1. The number of carbonyl (C=O) groups is 1. The van der Waals surface area contributed by atoms with Crippen molar-refractivity contribution >= 4 is 11.7 Å². The van der Waals surface area contributed by atoms with Crippen molar-refractivity contribution in [3.8, 4) is 5.75 Å². The molecule has 0 saturated heterocycles. The van der Waals surface area contributed by atoms with Crippen LogP contribution in [-0.2, 0) is 6.42 Å². The van der Waals surface area contributed by atoms with Crippen LogP contribution in [0.15, 0.2) is 48.5 Å². The van der Waals surface area contributed by atoms with Crippen LogP contribution < -0.4 is 9.64 Å². The number of ether oxygens (including phenoxy) is 1. The first-order valence-corrected chi connectivity index (χ1v) is 7.03. The average molecular weight is 283 g/mol. The molecule has 4 heteroatoms. The fourth-order valence-electron chi connectivity index (χ4n) is 2.60. The number of fused-ring (bicyclic) bond motifs is 1. The van der Waals surface area contributed by atoms with Gasteiger partial charge in [-0.2, -0.15) is 0 Å². The predicted octanol–water partition coefficient (Wildman–Crippen LogP) is 2.83. The number of para-hydroxylation sites is 1. The molecule has 4 nitrogen and oxygen atoms in total. The summed E-state index contributed by atoms with van der Waals surface area (Å²) in [4.78, 5) is 13.2. The number of carboxylic acid groups (broad SMARTS) is 1. The molecule has 0 unspecified atom stereocenters. The van der Waals surface area contributed by atoms with E-state index in [0.717, 1.165) is 30.9 Å². The van der Waals surface area contributed by atoms with Gasteiger partial charge in [0.05, 0.1) is 12.1 Å². The molecule has 21 heavy (non-hydrogen) atoms. The van der Waals surface area contributed by atoms with Gasteiger partial charge < -0.3 is 14.7 Å². The topological polar surface area (TPSA) is 49.8 Å². The van der Waals surface area contributed by atoms with Gasteiger partial charge in [0.15, 0.2) is 0 Å². The van der Waals surface area contributed by atoms with Gasteiger partial charge in [0.2, 0.25) is 0 Å². The number of nitrogens with zero attached hydrogens (tertiary/aromatic N) is 1. The van der Waals surface area contributed by atoms with Gasteiger partial charge in [0.25, 0.3) is 0 Å². The Kier molecular flexibility index (Phi) is 3.77. The van der Waals surface area contributed by atoms with E-state index in [0.29, 0.717) is 12.2 Å². The van der Waals surface area contributed by atoms with Crippen LogP contribution in [-0.4, -0.2) is 30.8 Å². The normalized spacial score (nSPS) is 13.0. The second kappa shape index (κ2) is 5.87. The minimum Gasteiger partial charge on any atom is -0.492 e. The van der Waals surface area contributed by atoms with E-state index in [4.69, 9.17) is 9.84 Å². The van der Waals surface area contributed by atoms with Gasteiger partial charge in [0.1, 0.15) is 12.4 Å². The molecule has 1 heterocycles. The third-order valence-corrected chi connectivity index (χ3v) is 3.70. The number of rotatable bonds is 5. The summed E-state index contributed by atoms with van der Waals surface area (Å²) in [6.45, 7) is 2.25. The minimum absolute atomic E-state index is 0.338. The fraction of sp³-hybridized carbons (Fsp3) is 0.235. The summed E-state index contributed by atoms with van der Waals surface area (Å²) in [5.41, 5.74) is 2.57. The molecule has 0 radical (unpaired) electrons. The van der Waals surface area contributed by atoms with E-state index in [2.05, 4.69) is 4.90 Å². The highest BCUT2D eigenvalue weighted by Crippen LogP contribution is 2.28. The molecule has 0 bridgehead atoms. The Morgan fingerprint density at radius 2 is 2.00 bits per heavy atom. The SMILES string of the molecule is O=C(O)c1ccc2c(c1)N(CCOc1ccccc1)CC2. The molecule has 0 aliphatic carbocycles. The molecule has 0 fully saturated rings. The lowest BCUT2D eigenvalue weighted by molar-refractivity contribution is 0.0697. The Morgan fingerprint density at radius 3 is 2.76 bits per heavy atom. The smallest absolute Gasteiger partial charge is 0.335 e. The third-order valence-electron chi connectivity index (χ3n) is 3.70. The lowest BCUT2D eigenvalue weighted by Gasteiger charge is -2.19. The third kappa shape index (κ3) is 2.99. The van der Waals surface area contributed by atoms with E-state index < -0.39 is 5.97 Å².